The summed E-state index contributed by atoms with van der Waals surface area (Å²) in [5.41, 5.74) is 0. The van der Waals surface area contributed by atoms with Crippen molar-refractivity contribution in [1.29, 1.82) is 0 Å². The van der Waals surface area contributed by atoms with E-state index in [1.165, 1.54) is 25.7 Å². The molecular formula is C14H26N4O. The summed E-state index contributed by atoms with van der Waals surface area (Å²) < 4.78 is 5.36. The molecule has 0 saturated carbocycles. The van der Waals surface area contributed by atoms with Crippen LogP contribution in [0.3, 0.4) is 0 Å². The van der Waals surface area contributed by atoms with Gasteiger partial charge in [0.15, 0.2) is 0 Å². The molecule has 1 aromatic heterocycles. The Morgan fingerprint density at radius 1 is 1.26 bits per heavy atom. The zero-order valence-electron chi connectivity index (χ0n) is 12.2. The van der Waals surface area contributed by atoms with E-state index in [1.807, 2.05) is 0 Å². The number of aromatic nitrogens is 2. The van der Waals surface area contributed by atoms with Gasteiger partial charge >= 0.3 is 0 Å². The summed E-state index contributed by atoms with van der Waals surface area (Å²) in [6.07, 6.45) is 7.01. The van der Waals surface area contributed by atoms with Gasteiger partial charge in [-0.3, -0.25) is 0 Å². The van der Waals surface area contributed by atoms with Crippen LogP contribution in [0.4, 0.5) is 5.95 Å². The second kappa shape index (κ2) is 7.48. The average Bonchev–Trinajstić information content (AvgIpc) is 2.71. The molecule has 1 aliphatic rings. The van der Waals surface area contributed by atoms with Crippen LogP contribution in [0.2, 0.25) is 0 Å². The maximum absolute atomic E-state index is 5.36. The third-order valence-electron chi connectivity index (χ3n) is 3.69. The first kappa shape index (κ1) is 14.3. The molecule has 1 aromatic rings. The Labute approximate surface area is 115 Å². The molecule has 0 bridgehead atoms. The van der Waals surface area contributed by atoms with E-state index in [0.29, 0.717) is 6.04 Å². The Balaban J connectivity index is 1.84. The molecule has 5 heteroatoms. The van der Waals surface area contributed by atoms with Crippen LogP contribution >= 0.6 is 0 Å². The van der Waals surface area contributed by atoms with Crippen molar-refractivity contribution in [2.45, 2.75) is 58.4 Å². The first-order chi connectivity index (χ1) is 9.29. The van der Waals surface area contributed by atoms with E-state index in [0.717, 1.165) is 44.3 Å². The third-order valence-corrected chi connectivity index (χ3v) is 3.69. The van der Waals surface area contributed by atoms with Crippen molar-refractivity contribution < 1.29 is 4.52 Å². The molecule has 0 aromatic carbocycles. The van der Waals surface area contributed by atoms with Gasteiger partial charge in [0.2, 0.25) is 5.89 Å². The van der Waals surface area contributed by atoms with Crippen molar-refractivity contribution >= 4 is 5.95 Å². The summed E-state index contributed by atoms with van der Waals surface area (Å²) in [6.45, 7) is 7.44. The monoisotopic (exact) mass is 266 g/mol. The molecule has 5 nitrogen and oxygen atoms in total. The lowest BCUT2D eigenvalue weighted by Gasteiger charge is -2.16. The molecular weight excluding hydrogens is 240 g/mol. The number of hydrogen-bond donors (Lipinski definition) is 1. The van der Waals surface area contributed by atoms with Gasteiger partial charge in [0.05, 0.1) is 0 Å². The normalized spacial score (nSPS) is 18.3. The van der Waals surface area contributed by atoms with Crippen molar-refractivity contribution in [1.82, 2.24) is 15.5 Å². The van der Waals surface area contributed by atoms with E-state index in [1.54, 1.807) is 0 Å². The van der Waals surface area contributed by atoms with Crippen LogP contribution in [0.1, 0.15) is 51.8 Å². The minimum atomic E-state index is 0.499. The standard InChI is InChI=1S/C14H26N4O/c1-3-15-12(2)8-9-13-16-14(17-19-13)18-10-6-4-5-7-11-18/h12,15H,3-11H2,1-2H3. The minimum absolute atomic E-state index is 0.499. The van der Waals surface area contributed by atoms with E-state index in [9.17, 15) is 0 Å². The number of rotatable bonds is 6. The number of aryl methyl sites for hydroxylation is 1. The van der Waals surface area contributed by atoms with Gasteiger partial charge < -0.3 is 14.7 Å². The van der Waals surface area contributed by atoms with Crippen molar-refractivity contribution in [3.8, 4) is 0 Å². The summed E-state index contributed by atoms with van der Waals surface area (Å²) in [5, 5.41) is 7.52. The predicted octanol–water partition coefficient (Wildman–Crippen LogP) is 2.38. The largest absolute Gasteiger partial charge is 0.338 e. The lowest BCUT2D eigenvalue weighted by molar-refractivity contribution is 0.366. The number of anilines is 1. The van der Waals surface area contributed by atoms with Gasteiger partial charge in [0.1, 0.15) is 0 Å². The SMILES string of the molecule is CCNC(C)CCc1nc(N2CCCCCC2)no1. The predicted molar refractivity (Wildman–Crippen MR) is 76.4 cm³/mol. The van der Waals surface area contributed by atoms with Crippen molar-refractivity contribution in [2.24, 2.45) is 0 Å². The highest BCUT2D eigenvalue weighted by Crippen LogP contribution is 2.16. The van der Waals surface area contributed by atoms with Crippen LogP contribution in [0.5, 0.6) is 0 Å². The van der Waals surface area contributed by atoms with E-state index in [-0.39, 0.29) is 0 Å². The summed E-state index contributed by atoms with van der Waals surface area (Å²) in [6, 6.07) is 0.499. The highest BCUT2D eigenvalue weighted by atomic mass is 16.5. The Bertz CT molecular complexity index is 358. The topological polar surface area (TPSA) is 54.2 Å². The molecule has 2 rings (SSSR count). The lowest BCUT2D eigenvalue weighted by atomic mass is 10.2. The second-order valence-electron chi connectivity index (χ2n) is 5.39. The highest BCUT2D eigenvalue weighted by Gasteiger charge is 2.16. The summed E-state index contributed by atoms with van der Waals surface area (Å²) >= 11 is 0. The van der Waals surface area contributed by atoms with Gasteiger partial charge in [0, 0.05) is 25.6 Å². The fourth-order valence-electron chi connectivity index (χ4n) is 2.54. The van der Waals surface area contributed by atoms with Crippen LogP contribution in [0, 0.1) is 0 Å². The average molecular weight is 266 g/mol. The number of nitrogens with one attached hydrogen (secondary N) is 1. The summed E-state index contributed by atoms with van der Waals surface area (Å²) in [7, 11) is 0. The Hall–Kier alpha value is -1.10. The van der Waals surface area contributed by atoms with Gasteiger partial charge in [-0.25, -0.2) is 0 Å². The van der Waals surface area contributed by atoms with Gasteiger partial charge in [-0.1, -0.05) is 19.8 Å². The maximum atomic E-state index is 5.36. The minimum Gasteiger partial charge on any atom is -0.338 e. The molecule has 1 N–H and O–H groups in total. The molecule has 108 valence electrons. The first-order valence-electron chi connectivity index (χ1n) is 7.60. The molecule has 2 heterocycles. The van der Waals surface area contributed by atoms with Gasteiger partial charge in [-0.2, -0.15) is 4.98 Å². The van der Waals surface area contributed by atoms with E-state index in [4.69, 9.17) is 4.52 Å². The molecule has 1 atom stereocenters. The summed E-state index contributed by atoms with van der Waals surface area (Å²) in [5.74, 6) is 1.55. The van der Waals surface area contributed by atoms with Crippen LogP contribution in [0.15, 0.2) is 4.52 Å². The van der Waals surface area contributed by atoms with E-state index >= 15 is 0 Å². The van der Waals surface area contributed by atoms with Crippen molar-refractivity contribution in [3.63, 3.8) is 0 Å². The Morgan fingerprint density at radius 2 is 2.00 bits per heavy atom. The van der Waals surface area contributed by atoms with Gasteiger partial charge in [-0.05, 0) is 37.9 Å². The highest BCUT2D eigenvalue weighted by molar-refractivity contribution is 5.27. The lowest BCUT2D eigenvalue weighted by Crippen LogP contribution is -2.26. The maximum Gasteiger partial charge on any atom is 0.266 e. The Morgan fingerprint density at radius 3 is 2.68 bits per heavy atom. The number of hydrogen-bond acceptors (Lipinski definition) is 5. The molecule has 0 spiro atoms. The quantitative estimate of drug-likeness (QED) is 0.856. The fourth-order valence-corrected chi connectivity index (χ4v) is 2.54. The van der Waals surface area contributed by atoms with Crippen molar-refractivity contribution in [3.05, 3.63) is 5.89 Å². The molecule has 0 radical (unpaired) electrons. The molecule has 1 aliphatic heterocycles. The zero-order chi connectivity index (χ0) is 13.5. The second-order valence-corrected chi connectivity index (χ2v) is 5.39. The molecule has 1 unspecified atom stereocenters. The van der Waals surface area contributed by atoms with E-state index in [2.05, 4.69) is 34.2 Å². The smallest absolute Gasteiger partial charge is 0.266 e. The van der Waals surface area contributed by atoms with Gasteiger partial charge in [-0.15, -0.1) is 0 Å². The van der Waals surface area contributed by atoms with Crippen LogP contribution in [0.25, 0.3) is 0 Å². The molecule has 0 aliphatic carbocycles. The third kappa shape index (κ3) is 4.49. The molecule has 1 saturated heterocycles. The first-order valence-corrected chi connectivity index (χ1v) is 7.60. The van der Waals surface area contributed by atoms with E-state index < -0.39 is 0 Å². The van der Waals surface area contributed by atoms with Gasteiger partial charge in [0.25, 0.3) is 5.95 Å². The van der Waals surface area contributed by atoms with Crippen molar-refractivity contribution in [2.75, 3.05) is 24.5 Å². The number of nitrogens with zero attached hydrogens (tertiary/aromatic N) is 3. The molecule has 0 amide bonds. The van der Waals surface area contributed by atoms with Crippen LogP contribution in [-0.4, -0.2) is 35.8 Å². The van der Waals surface area contributed by atoms with Crippen LogP contribution in [-0.2, 0) is 6.42 Å². The summed E-state index contributed by atoms with van der Waals surface area (Å²) in [4.78, 5) is 6.79. The molecule has 1 fully saturated rings. The molecule has 19 heavy (non-hydrogen) atoms. The van der Waals surface area contributed by atoms with Crippen LogP contribution < -0.4 is 10.2 Å². The Kier molecular flexibility index (Phi) is 5.63. The fraction of sp³-hybridized carbons (Fsp3) is 0.857. The zero-order valence-corrected chi connectivity index (χ0v) is 12.2.